The maximum atomic E-state index is 10.8. The Balaban J connectivity index is 1.61. The van der Waals surface area contributed by atoms with Crippen LogP contribution in [-0.2, 0) is 6.42 Å². The lowest BCUT2D eigenvalue weighted by Gasteiger charge is -2.49. The Morgan fingerprint density at radius 3 is 2.17 bits per heavy atom. The van der Waals surface area contributed by atoms with Crippen molar-refractivity contribution in [3.05, 3.63) is 35.9 Å². The van der Waals surface area contributed by atoms with Crippen molar-refractivity contribution in [2.24, 2.45) is 5.73 Å². The first-order valence-corrected chi connectivity index (χ1v) is 12.5. The van der Waals surface area contributed by atoms with Crippen molar-refractivity contribution in [3.63, 3.8) is 0 Å². The number of hydrogen-bond donors (Lipinski definition) is 4. The van der Waals surface area contributed by atoms with Crippen LogP contribution in [0.2, 0.25) is 0 Å². The molecule has 0 aliphatic heterocycles. The van der Waals surface area contributed by atoms with E-state index in [2.05, 4.69) is 36.6 Å². The van der Waals surface area contributed by atoms with E-state index in [-0.39, 0.29) is 11.6 Å². The topological polar surface area (TPSA) is 70.3 Å². The third-order valence-corrected chi connectivity index (χ3v) is 8.06. The lowest BCUT2D eigenvalue weighted by Crippen LogP contribution is -2.65. The highest BCUT2D eigenvalue weighted by Gasteiger charge is 2.41. The van der Waals surface area contributed by atoms with E-state index in [1.165, 1.54) is 76.2 Å². The predicted molar refractivity (Wildman–Crippen MR) is 127 cm³/mol. The summed E-state index contributed by atoms with van der Waals surface area (Å²) in [6.07, 6.45) is 14.3. The van der Waals surface area contributed by atoms with Crippen LogP contribution in [0.3, 0.4) is 0 Å². The van der Waals surface area contributed by atoms with Crippen LogP contribution in [0, 0.1) is 0 Å². The van der Waals surface area contributed by atoms with Crippen molar-refractivity contribution in [3.8, 4) is 0 Å². The number of nitrogens with two attached hydrogens (primary N) is 1. The van der Waals surface area contributed by atoms with Crippen LogP contribution in [0.25, 0.3) is 0 Å². The average Bonchev–Trinajstić information content (AvgIpc) is 2.79. The Labute approximate surface area is 184 Å². The lowest BCUT2D eigenvalue weighted by atomic mass is 9.73. The highest BCUT2D eigenvalue weighted by atomic mass is 16.3. The largest absolute Gasteiger partial charge is 0.390 e. The first-order valence-electron chi connectivity index (χ1n) is 12.5. The van der Waals surface area contributed by atoms with Gasteiger partial charge in [0.1, 0.15) is 0 Å². The van der Waals surface area contributed by atoms with Crippen LogP contribution >= 0.6 is 0 Å². The van der Waals surface area contributed by atoms with Gasteiger partial charge in [0.2, 0.25) is 0 Å². The molecular formula is C26H45N3O. The van der Waals surface area contributed by atoms with E-state index in [4.69, 9.17) is 5.73 Å². The summed E-state index contributed by atoms with van der Waals surface area (Å²) in [5.41, 5.74) is 7.92. The van der Waals surface area contributed by atoms with Crippen molar-refractivity contribution < 1.29 is 5.11 Å². The van der Waals surface area contributed by atoms with Crippen molar-refractivity contribution in [1.82, 2.24) is 10.6 Å². The number of aliphatic hydroxyl groups is 1. The third kappa shape index (κ3) is 6.06. The Kier molecular flexibility index (Phi) is 8.76. The highest BCUT2D eigenvalue weighted by molar-refractivity contribution is 5.16. The molecule has 0 heterocycles. The van der Waals surface area contributed by atoms with Gasteiger partial charge in [0.15, 0.2) is 0 Å². The number of hydrogen-bond acceptors (Lipinski definition) is 4. The van der Waals surface area contributed by atoms with Gasteiger partial charge in [-0.05, 0) is 51.0 Å². The molecule has 4 nitrogen and oxygen atoms in total. The summed E-state index contributed by atoms with van der Waals surface area (Å²) >= 11 is 0. The molecule has 3 atom stereocenters. The first-order chi connectivity index (χ1) is 14.5. The minimum Gasteiger partial charge on any atom is -0.390 e. The van der Waals surface area contributed by atoms with Gasteiger partial charge < -0.3 is 21.5 Å². The van der Waals surface area contributed by atoms with E-state index in [0.29, 0.717) is 24.5 Å². The van der Waals surface area contributed by atoms with Gasteiger partial charge in [-0.15, -0.1) is 0 Å². The van der Waals surface area contributed by atoms with Gasteiger partial charge in [0, 0.05) is 29.7 Å². The van der Waals surface area contributed by atoms with Gasteiger partial charge >= 0.3 is 0 Å². The van der Waals surface area contributed by atoms with Gasteiger partial charge in [-0.1, -0.05) is 75.8 Å². The van der Waals surface area contributed by atoms with E-state index >= 15 is 0 Å². The Morgan fingerprint density at radius 1 is 0.967 bits per heavy atom. The normalized spacial score (nSPS) is 24.1. The quantitative estimate of drug-likeness (QED) is 0.460. The van der Waals surface area contributed by atoms with E-state index in [9.17, 15) is 5.11 Å². The van der Waals surface area contributed by atoms with Gasteiger partial charge in [-0.3, -0.25) is 0 Å². The molecule has 0 amide bonds. The van der Waals surface area contributed by atoms with Crippen LogP contribution < -0.4 is 16.4 Å². The molecule has 0 radical (unpaired) electrons. The highest BCUT2D eigenvalue weighted by Crippen LogP contribution is 2.36. The zero-order chi connectivity index (χ0) is 21.5. The van der Waals surface area contributed by atoms with Gasteiger partial charge in [0.05, 0.1) is 6.10 Å². The number of nitrogens with one attached hydrogen (secondary N) is 2. The second kappa shape index (κ2) is 11.1. The molecule has 0 bridgehead atoms. The molecule has 0 aromatic heterocycles. The molecule has 2 aliphatic carbocycles. The predicted octanol–water partition coefficient (Wildman–Crippen LogP) is 4.30. The SMILES string of the molecule is CCC1(NC(C)C2(NC[C@@H](O)[C@@H](N)Cc3ccccc3)CCCCC2)CCCCC1. The molecule has 2 saturated carbocycles. The fraction of sp³-hybridized carbons (Fsp3) is 0.769. The number of benzene rings is 1. The molecule has 1 aromatic carbocycles. The fourth-order valence-corrected chi connectivity index (χ4v) is 5.85. The summed E-state index contributed by atoms with van der Waals surface area (Å²) in [6, 6.07) is 10.4. The van der Waals surface area contributed by atoms with E-state index in [0.717, 1.165) is 0 Å². The molecule has 1 unspecified atom stereocenters. The van der Waals surface area contributed by atoms with Gasteiger partial charge in [-0.2, -0.15) is 0 Å². The fourth-order valence-electron chi connectivity index (χ4n) is 5.85. The Morgan fingerprint density at radius 2 is 1.57 bits per heavy atom. The van der Waals surface area contributed by atoms with Crippen molar-refractivity contribution >= 4 is 0 Å². The van der Waals surface area contributed by atoms with Gasteiger partial charge in [-0.25, -0.2) is 0 Å². The summed E-state index contributed by atoms with van der Waals surface area (Å²) in [5, 5.41) is 18.8. The standard InChI is InChI=1S/C26H45N3O/c1-3-25(15-9-5-10-16-25)29-21(2)26(17-11-6-12-18-26)28-20-24(30)23(27)19-22-13-7-4-8-14-22/h4,7-8,13-14,21,23-24,28-30H,3,5-6,9-12,15-20,27H2,1-2H3/t21?,23-,24+/m0/s1. The molecule has 5 N–H and O–H groups in total. The zero-order valence-electron chi connectivity index (χ0n) is 19.3. The monoisotopic (exact) mass is 415 g/mol. The van der Waals surface area contributed by atoms with Crippen LogP contribution in [0.15, 0.2) is 30.3 Å². The molecule has 1 aromatic rings. The van der Waals surface area contributed by atoms with Crippen molar-refractivity contribution in [2.45, 2.75) is 120 Å². The number of aliphatic hydroxyl groups excluding tert-OH is 1. The van der Waals surface area contributed by atoms with E-state index < -0.39 is 6.10 Å². The van der Waals surface area contributed by atoms with Gasteiger partial charge in [0.25, 0.3) is 0 Å². The summed E-state index contributed by atoms with van der Waals surface area (Å²) in [4.78, 5) is 0. The molecule has 0 saturated heterocycles. The second-order valence-electron chi connectivity index (χ2n) is 10.1. The van der Waals surface area contributed by atoms with E-state index in [1.54, 1.807) is 0 Å². The Bertz CT molecular complexity index is 608. The zero-order valence-corrected chi connectivity index (χ0v) is 19.3. The third-order valence-electron chi connectivity index (χ3n) is 8.06. The molecule has 3 rings (SSSR count). The molecule has 30 heavy (non-hydrogen) atoms. The first kappa shape index (κ1) is 23.7. The molecule has 2 fully saturated rings. The van der Waals surface area contributed by atoms with Crippen molar-refractivity contribution in [1.29, 1.82) is 0 Å². The van der Waals surface area contributed by atoms with Crippen molar-refractivity contribution in [2.75, 3.05) is 6.54 Å². The molecule has 4 heteroatoms. The van der Waals surface area contributed by atoms with Crippen LogP contribution in [0.1, 0.15) is 90.0 Å². The lowest BCUT2D eigenvalue weighted by molar-refractivity contribution is 0.0867. The maximum Gasteiger partial charge on any atom is 0.0818 e. The minimum absolute atomic E-state index is 0.0608. The molecule has 0 spiro atoms. The smallest absolute Gasteiger partial charge is 0.0818 e. The molecule has 2 aliphatic rings. The molecular weight excluding hydrogens is 370 g/mol. The van der Waals surface area contributed by atoms with Crippen LogP contribution in [0.5, 0.6) is 0 Å². The summed E-state index contributed by atoms with van der Waals surface area (Å²) < 4.78 is 0. The van der Waals surface area contributed by atoms with Crippen LogP contribution in [-0.4, -0.2) is 40.9 Å². The minimum atomic E-state index is -0.536. The summed E-state index contributed by atoms with van der Waals surface area (Å²) in [7, 11) is 0. The maximum absolute atomic E-state index is 10.8. The number of β-amino-alcohol motifs (C(OH)–C–C–N with tert-alkyl or cyclic N) is 1. The van der Waals surface area contributed by atoms with Crippen LogP contribution in [0.4, 0.5) is 0 Å². The second-order valence-corrected chi connectivity index (χ2v) is 10.1. The Hall–Kier alpha value is -0.940. The average molecular weight is 416 g/mol. The molecule has 170 valence electrons. The number of rotatable bonds is 10. The summed E-state index contributed by atoms with van der Waals surface area (Å²) in [5.74, 6) is 0. The summed E-state index contributed by atoms with van der Waals surface area (Å²) in [6.45, 7) is 5.29. The van der Waals surface area contributed by atoms with E-state index in [1.807, 2.05) is 18.2 Å².